The Morgan fingerprint density at radius 3 is 2.47 bits per heavy atom. The smallest absolute Gasteiger partial charge is 0.134 e. The molecule has 0 aliphatic carbocycles. The molecule has 5 nitrogen and oxygen atoms in total. The van der Waals surface area contributed by atoms with E-state index in [4.69, 9.17) is 0 Å². The van der Waals surface area contributed by atoms with Gasteiger partial charge in [0.05, 0.1) is 5.60 Å². The van der Waals surface area contributed by atoms with Gasteiger partial charge in [0.1, 0.15) is 18.0 Å². The molecule has 0 saturated carbocycles. The molecule has 3 N–H and O–H groups in total. The Morgan fingerprint density at radius 1 is 1.29 bits per heavy atom. The van der Waals surface area contributed by atoms with Crippen LogP contribution in [0.2, 0.25) is 0 Å². The zero-order valence-corrected chi connectivity index (χ0v) is 11.0. The van der Waals surface area contributed by atoms with Gasteiger partial charge in [-0.1, -0.05) is 13.3 Å². The van der Waals surface area contributed by atoms with Crippen LogP contribution in [0.3, 0.4) is 0 Å². The second-order valence-electron chi connectivity index (χ2n) is 4.72. The molecule has 17 heavy (non-hydrogen) atoms. The molecule has 0 aliphatic rings. The highest BCUT2D eigenvalue weighted by molar-refractivity contribution is 5.57. The molecular weight excluding hydrogens is 216 g/mol. The highest BCUT2D eigenvalue weighted by Crippen LogP contribution is 2.21. The van der Waals surface area contributed by atoms with Gasteiger partial charge in [-0.3, -0.25) is 0 Å². The van der Waals surface area contributed by atoms with Gasteiger partial charge in [-0.2, -0.15) is 0 Å². The second-order valence-corrected chi connectivity index (χ2v) is 4.72. The van der Waals surface area contributed by atoms with Gasteiger partial charge in [0.2, 0.25) is 0 Å². The third-order valence-corrected chi connectivity index (χ3v) is 2.37. The van der Waals surface area contributed by atoms with E-state index in [-0.39, 0.29) is 0 Å². The Balaban J connectivity index is 2.89. The highest BCUT2D eigenvalue weighted by Gasteiger charge is 2.15. The molecule has 1 aromatic rings. The summed E-state index contributed by atoms with van der Waals surface area (Å²) in [6.07, 6.45) is 3.46. The topological polar surface area (TPSA) is 70.1 Å². The van der Waals surface area contributed by atoms with Crippen molar-refractivity contribution < 1.29 is 5.11 Å². The summed E-state index contributed by atoms with van der Waals surface area (Å²) in [5.41, 5.74) is 0.315. The molecule has 1 aromatic heterocycles. The molecule has 0 amide bonds. The van der Waals surface area contributed by atoms with Gasteiger partial charge in [-0.15, -0.1) is 0 Å². The quantitative estimate of drug-likeness (QED) is 0.703. The van der Waals surface area contributed by atoms with Crippen molar-refractivity contribution in [2.75, 3.05) is 24.2 Å². The van der Waals surface area contributed by atoms with E-state index in [1.54, 1.807) is 13.8 Å². The number of rotatable bonds is 6. The lowest BCUT2D eigenvalue weighted by molar-refractivity contribution is 0.0944. The molecule has 0 saturated heterocycles. The molecule has 0 atom stereocenters. The predicted octanol–water partition coefficient (Wildman–Crippen LogP) is 1.65. The normalized spacial score (nSPS) is 11.4. The SMILES string of the molecule is CCCc1c(NC)ncnc1NCC(C)(C)O. The van der Waals surface area contributed by atoms with Crippen molar-refractivity contribution in [1.29, 1.82) is 0 Å². The third kappa shape index (κ3) is 4.19. The fourth-order valence-corrected chi connectivity index (χ4v) is 1.57. The summed E-state index contributed by atoms with van der Waals surface area (Å²) >= 11 is 0. The van der Waals surface area contributed by atoms with E-state index in [2.05, 4.69) is 27.5 Å². The third-order valence-electron chi connectivity index (χ3n) is 2.37. The van der Waals surface area contributed by atoms with E-state index in [1.807, 2.05) is 7.05 Å². The molecule has 0 aromatic carbocycles. The molecule has 0 unspecified atom stereocenters. The Morgan fingerprint density at radius 2 is 1.94 bits per heavy atom. The molecule has 0 spiro atoms. The summed E-state index contributed by atoms with van der Waals surface area (Å²) in [5.74, 6) is 1.65. The average molecular weight is 238 g/mol. The first-order chi connectivity index (χ1) is 7.98. The molecular formula is C12H22N4O. The lowest BCUT2D eigenvalue weighted by Gasteiger charge is -2.20. The van der Waals surface area contributed by atoms with Crippen LogP contribution in [0.15, 0.2) is 6.33 Å². The van der Waals surface area contributed by atoms with Crippen LogP contribution in [-0.4, -0.2) is 34.3 Å². The summed E-state index contributed by atoms with van der Waals surface area (Å²) in [4.78, 5) is 8.43. The average Bonchev–Trinajstić information content (AvgIpc) is 2.27. The van der Waals surface area contributed by atoms with Crippen molar-refractivity contribution in [2.45, 2.75) is 39.2 Å². The monoisotopic (exact) mass is 238 g/mol. The molecule has 0 fully saturated rings. The standard InChI is InChI=1S/C12H22N4O/c1-5-6-9-10(13-4)15-8-16-11(9)14-7-12(2,3)17/h8,17H,5-7H2,1-4H3,(H2,13,14,15,16). The summed E-state index contributed by atoms with van der Waals surface area (Å²) in [5, 5.41) is 15.9. The predicted molar refractivity (Wildman–Crippen MR) is 70.4 cm³/mol. The van der Waals surface area contributed by atoms with Crippen LogP contribution in [0, 0.1) is 0 Å². The maximum atomic E-state index is 9.70. The second kappa shape index (κ2) is 5.82. The minimum Gasteiger partial charge on any atom is -0.389 e. The Kier molecular flexibility index (Phi) is 4.69. The molecule has 1 rings (SSSR count). The first-order valence-corrected chi connectivity index (χ1v) is 5.95. The number of hydrogen-bond acceptors (Lipinski definition) is 5. The van der Waals surface area contributed by atoms with Gasteiger partial charge in [-0.05, 0) is 20.3 Å². The van der Waals surface area contributed by atoms with Gasteiger partial charge >= 0.3 is 0 Å². The van der Waals surface area contributed by atoms with Crippen molar-refractivity contribution in [3.63, 3.8) is 0 Å². The van der Waals surface area contributed by atoms with Gasteiger partial charge in [0.25, 0.3) is 0 Å². The number of hydrogen-bond donors (Lipinski definition) is 3. The van der Waals surface area contributed by atoms with Crippen molar-refractivity contribution in [1.82, 2.24) is 9.97 Å². The van der Waals surface area contributed by atoms with Gasteiger partial charge < -0.3 is 15.7 Å². The van der Waals surface area contributed by atoms with E-state index in [0.29, 0.717) is 6.54 Å². The van der Waals surface area contributed by atoms with Crippen LogP contribution in [0.5, 0.6) is 0 Å². The van der Waals surface area contributed by atoms with Gasteiger partial charge in [0.15, 0.2) is 0 Å². The maximum Gasteiger partial charge on any atom is 0.134 e. The lowest BCUT2D eigenvalue weighted by atomic mass is 10.1. The Hall–Kier alpha value is -1.36. The van der Waals surface area contributed by atoms with Gasteiger partial charge in [0, 0.05) is 19.2 Å². The highest BCUT2D eigenvalue weighted by atomic mass is 16.3. The van der Waals surface area contributed by atoms with Gasteiger partial charge in [-0.25, -0.2) is 9.97 Å². The zero-order valence-electron chi connectivity index (χ0n) is 11.0. The lowest BCUT2D eigenvalue weighted by Crippen LogP contribution is -2.30. The summed E-state index contributed by atoms with van der Waals surface area (Å²) in [6, 6.07) is 0. The van der Waals surface area contributed by atoms with E-state index in [9.17, 15) is 5.11 Å². The summed E-state index contributed by atoms with van der Waals surface area (Å²) in [7, 11) is 1.85. The first kappa shape index (κ1) is 13.7. The van der Waals surface area contributed by atoms with E-state index < -0.39 is 5.60 Å². The van der Waals surface area contributed by atoms with Crippen LogP contribution in [-0.2, 0) is 6.42 Å². The van der Waals surface area contributed by atoms with E-state index >= 15 is 0 Å². The van der Waals surface area contributed by atoms with Crippen molar-refractivity contribution in [3.8, 4) is 0 Å². The molecule has 1 heterocycles. The number of nitrogens with zero attached hydrogens (tertiary/aromatic N) is 2. The van der Waals surface area contributed by atoms with Crippen LogP contribution < -0.4 is 10.6 Å². The molecule has 96 valence electrons. The number of aliphatic hydroxyl groups is 1. The Labute approximate surface area is 103 Å². The molecule has 5 heteroatoms. The minimum absolute atomic E-state index is 0.462. The first-order valence-electron chi connectivity index (χ1n) is 5.95. The fraction of sp³-hybridized carbons (Fsp3) is 0.667. The van der Waals surface area contributed by atoms with E-state index in [0.717, 1.165) is 30.0 Å². The minimum atomic E-state index is -0.756. The van der Waals surface area contributed by atoms with Crippen LogP contribution in [0.1, 0.15) is 32.8 Å². The van der Waals surface area contributed by atoms with Crippen LogP contribution in [0.25, 0.3) is 0 Å². The molecule has 0 radical (unpaired) electrons. The number of aromatic nitrogens is 2. The fourth-order valence-electron chi connectivity index (χ4n) is 1.57. The number of anilines is 2. The van der Waals surface area contributed by atoms with Crippen molar-refractivity contribution in [3.05, 3.63) is 11.9 Å². The zero-order chi connectivity index (χ0) is 12.9. The summed E-state index contributed by atoms with van der Waals surface area (Å²) in [6.45, 7) is 6.11. The summed E-state index contributed by atoms with van der Waals surface area (Å²) < 4.78 is 0. The van der Waals surface area contributed by atoms with E-state index in [1.165, 1.54) is 6.33 Å². The van der Waals surface area contributed by atoms with Crippen LogP contribution >= 0.6 is 0 Å². The molecule has 0 aliphatic heterocycles. The molecule has 0 bridgehead atoms. The van der Waals surface area contributed by atoms with Crippen LogP contribution in [0.4, 0.5) is 11.6 Å². The largest absolute Gasteiger partial charge is 0.389 e. The number of nitrogens with one attached hydrogen (secondary N) is 2. The van der Waals surface area contributed by atoms with Crippen molar-refractivity contribution in [2.24, 2.45) is 0 Å². The van der Waals surface area contributed by atoms with Crippen molar-refractivity contribution >= 4 is 11.6 Å². The maximum absolute atomic E-state index is 9.70. The Bertz CT molecular complexity index is 360.